The number of aromatic amines is 1. The molecule has 1 aliphatic rings. The first-order valence-corrected chi connectivity index (χ1v) is 6.54. The topological polar surface area (TPSA) is 83.8 Å². The van der Waals surface area contributed by atoms with Crippen LogP contribution in [0.25, 0.3) is 11.0 Å². The summed E-state index contributed by atoms with van der Waals surface area (Å²) in [6.07, 6.45) is 3.63. The van der Waals surface area contributed by atoms with Gasteiger partial charge in [0.25, 0.3) is 5.69 Å². The third-order valence-corrected chi connectivity index (χ3v) is 3.86. The molecule has 2 unspecified atom stereocenters. The van der Waals surface area contributed by atoms with Gasteiger partial charge in [-0.1, -0.05) is 13.3 Å². The van der Waals surface area contributed by atoms with Crippen LogP contribution in [-0.2, 0) is 0 Å². The van der Waals surface area contributed by atoms with Crippen LogP contribution in [0.15, 0.2) is 18.2 Å². The number of imidazole rings is 1. The summed E-state index contributed by atoms with van der Waals surface area (Å²) in [5, 5.41) is 14.1. The molecule has 6 nitrogen and oxygen atoms in total. The molecule has 1 saturated carbocycles. The fraction of sp³-hybridized carbons (Fsp3) is 0.462. The van der Waals surface area contributed by atoms with Crippen LogP contribution in [-0.4, -0.2) is 20.9 Å². The van der Waals surface area contributed by atoms with Crippen LogP contribution in [0.1, 0.15) is 26.2 Å². The number of H-pyrrole nitrogens is 1. The molecule has 0 radical (unpaired) electrons. The maximum absolute atomic E-state index is 10.7. The summed E-state index contributed by atoms with van der Waals surface area (Å²) in [5.74, 6) is 1.34. The van der Waals surface area contributed by atoms with Crippen LogP contribution >= 0.6 is 0 Å². The van der Waals surface area contributed by atoms with Crippen LogP contribution in [0.2, 0.25) is 0 Å². The van der Waals surface area contributed by atoms with Gasteiger partial charge in [0.15, 0.2) is 0 Å². The van der Waals surface area contributed by atoms with Crippen molar-refractivity contribution in [1.29, 1.82) is 0 Å². The fourth-order valence-electron chi connectivity index (χ4n) is 2.72. The number of rotatable bonds is 3. The van der Waals surface area contributed by atoms with Crippen LogP contribution in [0.5, 0.6) is 0 Å². The standard InChI is InChI=1S/C13H16N4O2/c1-8-3-2-4-10(8)14-13-15-11-6-5-9(17(18)19)7-12(11)16-13/h5-8,10H,2-4H2,1H3,(H2,14,15,16). The van der Waals surface area contributed by atoms with E-state index in [2.05, 4.69) is 22.2 Å². The summed E-state index contributed by atoms with van der Waals surface area (Å²) in [7, 11) is 0. The Morgan fingerprint density at radius 3 is 3.00 bits per heavy atom. The summed E-state index contributed by atoms with van der Waals surface area (Å²) in [6, 6.07) is 5.11. The third kappa shape index (κ3) is 2.25. The Bertz CT molecular complexity index is 622. The van der Waals surface area contributed by atoms with Crippen molar-refractivity contribution in [2.24, 2.45) is 5.92 Å². The van der Waals surface area contributed by atoms with Gasteiger partial charge in [0.2, 0.25) is 5.95 Å². The molecule has 19 heavy (non-hydrogen) atoms. The van der Waals surface area contributed by atoms with E-state index in [9.17, 15) is 10.1 Å². The average Bonchev–Trinajstić information content (AvgIpc) is 2.95. The maximum Gasteiger partial charge on any atom is 0.271 e. The first-order chi connectivity index (χ1) is 9.13. The Hall–Kier alpha value is -2.11. The van der Waals surface area contributed by atoms with E-state index in [1.165, 1.54) is 25.0 Å². The predicted octanol–water partition coefficient (Wildman–Crippen LogP) is 3.07. The van der Waals surface area contributed by atoms with Gasteiger partial charge in [0, 0.05) is 18.2 Å². The zero-order valence-electron chi connectivity index (χ0n) is 10.7. The van der Waals surface area contributed by atoms with Gasteiger partial charge in [-0.15, -0.1) is 0 Å². The molecule has 2 N–H and O–H groups in total. The van der Waals surface area contributed by atoms with E-state index >= 15 is 0 Å². The van der Waals surface area contributed by atoms with Crippen LogP contribution in [0.4, 0.5) is 11.6 Å². The quantitative estimate of drug-likeness (QED) is 0.656. The molecule has 0 saturated heterocycles. The van der Waals surface area contributed by atoms with Gasteiger partial charge in [-0.25, -0.2) is 4.98 Å². The molecule has 6 heteroatoms. The predicted molar refractivity (Wildman–Crippen MR) is 73.2 cm³/mol. The number of nitro benzene ring substituents is 1. The van der Waals surface area contributed by atoms with Gasteiger partial charge in [0.1, 0.15) is 0 Å². The largest absolute Gasteiger partial charge is 0.353 e. The molecule has 0 spiro atoms. The molecule has 0 bridgehead atoms. The molecule has 0 amide bonds. The number of anilines is 1. The number of nitrogens with one attached hydrogen (secondary N) is 2. The summed E-state index contributed by atoms with van der Waals surface area (Å²) < 4.78 is 0. The number of nitrogens with zero attached hydrogens (tertiary/aromatic N) is 2. The van der Waals surface area contributed by atoms with E-state index in [4.69, 9.17) is 0 Å². The van der Waals surface area contributed by atoms with Gasteiger partial charge in [0.05, 0.1) is 16.0 Å². The number of fused-ring (bicyclic) bond motifs is 1. The second-order valence-electron chi connectivity index (χ2n) is 5.20. The monoisotopic (exact) mass is 260 g/mol. The van der Waals surface area contributed by atoms with Crippen molar-refractivity contribution in [3.05, 3.63) is 28.3 Å². The van der Waals surface area contributed by atoms with Crippen molar-refractivity contribution in [3.8, 4) is 0 Å². The molecule has 0 aliphatic heterocycles. The molecular formula is C13H16N4O2. The lowest BCUT2D eigenvalue weighted by atomic mass is 10.1. The van der Waals surface area contributed by atoms with Gasteiger partial charge in [-0.05, 0) is 24.8 Å². The highest BCUT2D eigenvalue weighted by Gasteiger charge is 2.23. The molecule has 2 aromatic rings. The van der Waals surface area contributed by atoms with E-state index in [0.717, 1.165) is 11.9 Å². The second kappa shape index (κ2) is 4.53. The summed E-state index contributed by atoms with van der Waals surface area (Å²) in [4.78, 5) is 17.9. The SMILES string of the molecule is CC1CCCC1Nc1nc2ccc([N+](=O)[O-])cc2[nH]1. The van der Waals surface area contributed by atoms with Crippen molar-refractivity contribution in [1.82, 2.24) is 9.97 Å². The molecule has 100 valence electrons. The van der Waals surface area contributed by atoms with Crippen molar-refractivity contribution in [3.63, 3.8) is 0 Å². The van der Waals surface area contributed by atoms with E-state index in [0.29, 0.717) is 23.4 Å². The Kier molecular flexibility index (Phi) is 2.85. The fourth-order valence-corrected chi connectivity index (χ4v) is 2.72. The maximum atomic E-state index is 10.7. The molecule has 3 rings (SSSR count). The summed E-state index contributed by atoms with van der Waals surface area (Å²) in [5.41, 5.74) is 1.53. The lowest BCUT2D eigenvalue weighted by Crippen LogP contribution is -2.22. The molecule has 1 aromatic heterocycles. The number of hydrogen-bond donors (Lipinski definition) is 2. The smallest absolute Gasteiger partial charge is 0.271 e. The van der Waals surface area contributed by atoms with E-state index in [1.807, 2.05) is 0 Å². The van der Waals surface area contributed by atoms with Crippen LogP contribution < -0.4 is 5.32 Å². The van der Waals surface area contributed by atoms with Crippen molar-refractivity contribution < 1.29 is 4.92 Å². The minimum Gasteiger partial charge on any atom is -0.353 e. The number of benzene rings is 1. The normalized spacial score (nSPS) is 22.8. The van der Waals surface area contributed by atoms with Gasteiger partial charge >= 0.3 is 0 Å². The number of hydrogen-bond acceptors (Lipinski definition) is 4. The van der Waals surface area contributed by atoms with Gasteiger partial charge < -0.3 is 10.3 Å². The van der Waals surface area contributed by atoms with E-state index < -0.39 is 4.92 Å². The van der Waals surface area contributed by atoms with Crippen molar-refractivity contribution in [2.75, 3.05) is 5.32 Å². The Balaban J connectivity index is 1.87. The van der Waals surface area contributed by atoms with Gasteiger partial charge in [-0.3, -0.25) is 10.1 Å². The minimum absolute atomic E-state index is 0.0805. The summed E-state index contributed by atoms with van der Waals surface area (Å²) >= 11 is 0. The number of nitro groups is 1. The molecule has 1 heterocycles. The molecule has 1 aromatic carbocycles. The number of non-ortho nitro benzene ring substituents is 1. The lowest BCUT2D eigenvalue weighted by molar-refractivity contribution is -0.384. The Labute approximate surface area is 110 Å². The zero-order valence-corrected chi connectivity index (χ0v) is 10.7. The molecule has 2 atom stereocenters. The van der Waals surface area contributed by atoms with Gasteiger partial charge in [-0.2, -0.15) is 0 Å². The third-order valence-electron chi connectivity index (χ3n) is 3.86. The first-order valence-electron chi connectivity index (χ1n) is 6.54. The van der Waals surface area contributed by atoms with Crippen LogP contribution in [0.3, 0.4) is 0 Å². The molecular weight excluding hydrogens is 244 g/mol. The highest BCUT2D eigenvalue weighted by atomic mass is 16.6. The van der Waals surface area contributed by atoms with E-state index in [1.54, 1.807) is 6.07 Å². The molecule has 1 fully saturated rings. The Morgan fingerprint density at radius 1 is 1.47 bits per heavy atom. The average molecular weight is 260 g/mol. The minimum atomic E-state index is -0.396. The highest BCUT2D eigenvalue weighted by Crippen LogP contribution is 2.28. The Morgan fingerprint density at radius 2 is 2.32 bits per heavy atom. The van der Waals surface area contributed by atoms with E-state index in [-0.39, 0.29) is 5.69 Å². The summed E-state index contributed by atoms with van der Waals surface area (Å²) in [6.45, 7) is 2.23. The first kappa shape index (κ1) is 12.0. The second-order valence-corrected chi connectivity index (χ2v) is 5.20. The number of aromatic nitrogens is 2. The van der Waals surface area contributed by atoms with Crippen molar-refractivity contribution >= 4 is 22.7 Å². The van der Waals surface area contributed by atoms with Crippen molar-refractivity contribution in [2.45, 2.75) is 32.2 Å². The zero-order chi connectivity index (χ0) is 13.4. The molecule has 1 aliphatic carbocycles. The lowest BCUT2D eigenvalue weighted by Gasteiger charge is -2.16. The van der Waals surface area contributed by atoms with Crippen LogP contribution in [0, 0.1) is 16.0 Å². The highest BCUT2D eigenvalue weighted by molar-refractivity contribution is 5.79.